The average Bonchev–Trinajstić information content (AvgIpc) is 2.54. The molecule has 0 aliphatic rings. The van der Waals surface area contributed by atoms with E-state index in [1.165, 1.54) is 0 Å². The highest BCUT2D eigenvalue weighted by Gasteiger charge is 2.22. The van der Waals surface area contributed by atoms with Gasteiger partial charge in [-0.2, -0.15) is 0 Å². The molecule has 0 aliphatic carbocycles. The van der Waals surface area contributed by atoms with E-state index in [4.69, 9.17) is 0 Å². The van der Waals surface area contributed by atoms with Crippen LogP contribution in [0.15, 0.2) is 18.3 Å². The third-order valence-electron chi connectivity index (χ3n) is 2.60. The molecule has 0 amide bonds. The summed E-state index contributed by atoms with van der Waals surface area (Å²) in [7, 11) is 0. The molecule has 0 unspecified atom stereocenters. The molecule has 2 aromatic heterocycles. The predicted molar refractivity (Wildman–Crippen MR) is 64.0 cm³/mol. The molecular formula is C13H16N2O. The summed E-state index contributed by atoms with van der Waals surface area (Å²) in [5.41, 5.74) is 2.49. The van der Waals surface area contributed by atoms with Gasteiger partial charge in [0.05, 0.1) is 5.52 Å². The molecule has 0 N–H and O–H groups in total. The van der Waals surface area contributed by atoms with Gasteiger partial charge in [-0.3, -0.25) is 4.79 Å². The average molecular weight is 216 g/mol. The summed E-state index contributed by atoms with van der Waals surface area (Å²) in [6, 6.07) is 3.94. The Morgan fingerprint density at radius 2 is 2.00 bits per heavy atom. The van der Waals surface area contributed by atoms with Crippen LogP contribution >= 0.6 is 0 Å². The van der Waals surface area contributed by atoms with Gasteiger partial charge in [-0.1, -0.05) is 26.8 Å². The SMILES string of the molecule is Cc1ccc2c(C=O)nc(C(C)(C)C)n2c1. The van der Waals surface area contributed by atoms with Crippen molar-refractivity contribution in [1.29, 1.82) is 0 Å². The van der Waals surface area contributed by atoms with Crippen LogP contribution in [-0.2, 0) is 5.41 Å². The lowest BCUT2D eigenvalue weighted by atomic mass is 9.96. The fourth-order valence-electron chi connectivity index (χ4n) is 1.83. The smallest absolute Gasteiger partial charge is 0.170 e. The molecule has 0 aliphatic heterocycles. The number of aromatic nitrogens is 2. The zero-order valence-electron chi connectivity index (χ0n) is 10.1. The maximum absolute atomic E-state index is 11.0. The Kier molecular flexibility index (Phi) is 2.34. The number of carbonyl (C=O) groups is 1. The second kappa shape index (κ2) is 3.44. The topological polar surface area (TPSA) is 34.4 Å². The van der Waals surface area contributed by atoms with Crippen molar-refractivity contribution in [1.82, 2.24) is 9.38 Å². The van der Waals surface area contributed by atoms with Crippen LogP contribution in [-0.4, -0.2) is 15.7 Å². The van der Waals surface area contributed by atoms with Crippen LogP contribution in [0.4, 0.5) is 0 Å². The number of imidazole rings is 1. The van der Waals surface area contributed by atoms with Crippen molar-refractivity contribution in [2.24, 2.45) is 0 Å². The monoisotopic (exact) mass is 216 g/mol. The lowest BCUT2D eigenvalue weighted by Crippen LogP contribution is -2.15. The van der Waals surface area contributed by atoms with Crippen molar-refractivity contribution < 1.29 is 4.79 Å². The Labute approximate surface area is 95.1 Å². The first-order chi connectivity index (χ1) is 7.43. The summed E-state index contributed by atoms with van der Waals surface area (Å²) in [5, 5.41) is 0. The standard InChI is InChI=1S/C13H16N2O/c1-9-5-6-11-10(8-16)14-12(13(2,3)4)15(11)7-9/h5-8H,1-4H3. The number of nitrogens with zero attached hydrogens (tertiary/aromatic N) is 2. The number of aldehydes is 1. The lowest BCUT2D eigenvalue weighted by Gasteiger charge is -2.16. The first-order valence-corrected chi connectivity index (χ1v) is 5.38. The summed E-state index contributed by atoms with van der Waals surface area (Å²) >= 11 is 0. The van der Waals surface area contributed by atoms with Crippen LogP contribution in [0.3, 0.4) is 0 Å². The van der Waals surface area contributed by atoms with E-state index in [0.717, 1.165) is 23.2 Å². The van der Waals surface area contributed by atoms with Gasteiger partial charge in [-0.25, -0.2) is 4.98 Å². The van der Waals surface area contributed by atoms with Crippen LogP contribution in [0.5, 0.6) is 0 Å². The van der Waals surface area contributed by atoms with Gasteiger partial charge in [-0.15, -0.1) is 0 Å². The Bertz CT molecular complexity index is 547. The highest BCUT2D eigenvalue weighted by molar-refractivity contribution is 5.83. The molecule has 0 radical (unpaired) electrons. The number of rotatable bonds is 1. The summed E-state index contributed by atoms with van der Waals surface area (Å²) in [5.74, 6) is 0.924. The second-order valence-electron chi connectivity index (χ2n) is 5.15. The number of aryl methyl sites for hydroxylation is 1. The first-order valence-electron chi connectivity index (χ1n) is 5.38. The zero-order chi connectivity index (χ0) is 11.9. The summed E-state index contributed by atoms with van der Waals surface area (Å²) in [6.45, 7) is 8.32. The van der Waals surface area contributed by atoms with Crippen LogP contribution in [0.2, 0.25) is 0 Å². The van der Waals surface area contributed by atoms with Gasteiger partial charge in [0.15, 0.2) is 6.29 Å². The van der Waals surface area contributed by atoms with E-state index < -0.39 is 0 Å². The van der Waals surface area contributed by atoms with E-state index >= 15 is 0 Å². The van der Waals surface area contributed by atoms with Gasteiger partial charge in [0, 0.05) is 11.6 Å². The summed E-state index contributed by atoms with van der Waals surface area (Å²) in [6.07, 6.45) is 2.84. The van der Waals surface area contributed by atoms with Crippen LogP contribution in [0.1, 0.15) is 42.6 Å². The molecule has 0 aromatic carbocycles. The van der Waals surface area contributed by atoms with E-state index in [2.05, 4.69) is 25.8 Å². The maximum atomic E-state index is 11.0. The minimum absolute atomic E-state index is 0.0715. The highest BCUT2D eigenvalue weighted by atomic mass is 16.1. The first kappa shape index (κ1) is 10.9. The predicted octanol–water partition coefficient (Wildman–Crippen LogP) is 2.75. The molecule has 0 saturated heterocycles. The number of hydrogen-bond acceptors (Lipinski definition) is 2. The normalized spacial score (nSPS) is 12.0. The van der Waals surface area contributed by atoms with Gasteiger partial charge in [0.1, 0.15) is 11.5 Å². The molecule has 3 nitrogen and oxygen atoms in total. The highest BCUT2D eigenvalue weighted by Crippen LogP contribution is 2.24. The molecule has 0 saturated carbocycles. The van der Waals surface area contributed by atoms with Gasteiger partial charge >= 0.3 is 0 Å². The Morgan fingerprint density at radius 3 is 2.56 bits per heavy atom. The third-order valence-corrected chi connectivity index (χ3v) is 2.60. The van der Waals surface area contributed by atoms with Crippen molar-refractivity contribution in [2.45, 2.75) is 33.1 Å². The number of pyridine rings is 1. The van der Waals surface area contributed by atoms with Gasteiger partial charge in [0.25, 0.3) is 0 Å². The molecule has 0 spiro atoms. The second-order valence-corrected chi connectivity index (χ2v) is 5.15. The van der Waals surface area contributed by atoms with Gasteiger partial charge in [0.2, 0.25) is 0 Å². The quantitative estimate of drug-likeness (QED) is 0.687. The van der Waals surface area contributed by atoms with Gasteiger partial charge in [-0.05, 0) is 18.6 Å². The van der Waals surface area contributed by atoms with E-state index in [0.29, 0.717) is 5.69 Å². The largest absolute Gasteiger partial charge is 0.302 e. The number of hydrogen-bond donors (Lipinski definition) is 0. The van der Waals surface area contributed by atoms with E-state index in [9.17, 15) is 4.79 Å². The van der Waals surface area contributed by atoms with Crippen molar-refractivity contribution in [3.05, 3.63) is 35.4 Å². The van der Waals surface area contributed by atoms with Crippen molar-refractivity contribution >= 4 is 11.8 Å². The van der Waals surface area contributed by atoms with Crippen molar-refractivity contribution in [2.75, 3.05) is 0 Å². The Hall–Kier alpha value is -1.64. The minimum atomic E-state index is -0.0715. The lowest BCUT2D eigenvalue weighted by molar-refractivity contribution is 0.112. The molecule has 2 heterocycles. The molecule has 0 fully saturated rings. The Balaban J connectivity index is 2.84. The fourth-order valence-corrected chi connectivity index (χ4v) is 1.83. The molecular weight excluding hydrogens is 200 g/mol. The van der Waals surface area contributed by atoms with Crippen molar-refractivity contribution in [3.8, 4) is 0 Å². The van der Waals surface area contributed by atoms with E-state index in [1.807, 2.05) is 29.7 Å². The summed E-state index contributed by atoms with van der Waals surface area (Å²) in [4.78, 5) is 15.4. The minimum Gasteiger partial charge on any atom is -0.302 e. The third kappa shape index (κ3) is 1.62. The number of carbonyl (C=O) groups excluding carboxylic acids is 1. The van der Waals surface area contributed by atoms with Crippen molar-refractivity contribution in [3.63, 3.8) is 0 Å². The molecule has 2 aromatic rings. The maximum Gasteiger partial charge on any atom is 0.170 e. The number of fused-ring (bicyclic) bond motifs is 1. The molecule has 0 bridgehead atoms. The van der Waals surface area contributed by atoms with Crippen LogP contribution < -0.4 is 0 Å². The zero-order valence-corrected chi connectivity index (χ0v) is 10.1. The molecule has 3 heteroatoms. The van der Waals surface area contributed by atoms with E-state index in [-0.39, 0.29) is 5.41 Å². The molecule has 0 atom stereocenters. The molecule has 84 valence electrons. The summed E-state index contributed by atoms with van der Waals surface area (Å²) < 4.78 is 2.01. The van der Waals surface area contributed by atoms with Gasteiger partial charge < -0.3 is 4.40 Å². The Morgan fingerprint density at radius 1 is 1.31 bits per heavy atom. The van der Waals surface area contributed by atoms with Crippen LogP contribution in [0, 0.1) is 6.92 Å². The molecule has 2 rings (SSSR count). The molecule has 16 heavy (non-hydrogen) atoms. The van der Waals surface area contributed by atoms with E-state index in [1.54, 1.807) is 0 Å². The van der Waals surface area contributed by atoms with Crippen LogP contribution in [0.25, 0.3) is 5.52 Å². The fraction of sp³-hybridized carbons (Fsp3) is 0.385.